The molecule has 30 heavy (non-hydrogen) atoms. The van der Waals surface area contributed by atoms with E-state index in [1.165, 1.54) is 0 Å². The summed E-state index contributed by atoms with van der Waals surface area (Å²) in [6.45, 7) is 8.09. The Labute approximate surface area is 175 Å². The molecule has 0 amide bonds. The topological polar surface area (TPSA) is 63.9 Å². The summed E-state index contributed by atoms with van der Waals surface area (Å²) in [5, 5.41) is 15.7. The monoisotopic (exact) mass is 401 g/mol. The molecule has 4 aromatic rings. The van der Waals surface area contributed by atoms with Crippen molar-refractivity contribution < 1.29 is 18.8 Å². The number of phenols is 1. The molecule has 6 heteroatoms. The van der Waals surface area contributed by atoms with Crippen molar-refractivity contribution in [3.05, 3.63) is 60.7 Å². The Morgan fingerprint density at radius 2 is 1.50 bits per heavy atom. The second kappa shape index (κ2) is 6.52. The van der Waals surface area contributed by atoms with Crippen LogP contribution in [0.1, 0.15) is 27.7 Å². The van der Waals surface area contributed by atoms with Crippen LogP contribution in [-0.4, -0.2) is 23.4 Å². The highest BCUT2D eigenvalue weighted by molar-refractivity contribution is 6.64. The third kappa shape index (κ3) is 2.95. The fraction of sp³-hybridized carbons (Fsp3) is 0.250. The lowest BCUT2D eigenvalue weighted by atomic mass is 9.77. The summed E-state index contributed by atoms with van der Waals surface area (Å²) < 4.78 is 18.6. The van der Waals surface area contributed by atoms with E-state index in [2.05, 4.69) is 11.4 Å². The number of rotatable bonds is 3. The maximum atomic E-state index is 10.1. The van der Waals surface area contributed by atoms with Crippen molar-refractivity contribution in [3.8, 4) is 5.75 Å². The van der Waals surface area contributed by atoms with Gasteiger partial charge in [-0.15, -0.1) is 0 Å². The molecule has 0 radical (unpaired) electrons. The quantitative estimate of drug-likeness (QED) is 0.454. The summed E-state index contributed by atoms with van der Waals surface area (Å²) >= 11 is 0. The van der Waals surface area contributed by atoms with E-state index in [0.29, 0.717) is 5.69 Å². The number of nitrogens with one attached hydrogen (secondary N) is 1. The molecule has 0 atom stereocenters. The molecule has 1 aliphatic rings. The maximum Gasteiger partial charge on any atom is 0.496 e. The Balaban J connectivity index is 1.59. The second-order valence-corrected chi connectivity index (χ2v) is 8.77. The van der Waals surface area contributed by atoms with Crippen molar-refractivity contribution in [2.45, 2.75) is 38.9 Å². The lowest BCUT2D eigenvalue weighted by molar-refractivity contribution is 0.00578. The number of phenolic OH excluding ortho intramolecular Hbond substituents is 1. The molecule has 1 fully saturated rings. The van der Waals surface area contributed by atoms with Gasteiger partial charge in [0.15, 0.2) is 5.58 Å². The van der Waals surface area contributed by atoms with Crippen molar-refractivity contribution in [1.82, 2.24) is 0 Å². The molecule has 1 aromatic heterocycles. The molecule has 152 valence electrons. The largest absolute Gasteiger partial charge is 0.508 e. The minimum atomic E-state index is -0.548. The van der Waals surface area contributed by atoms with E-state index in [1.807, 2.05) is 70.2 Å². The second-order valence-electron chi connectivity index (χ2n) is 8.77. The van der Waals surface area contributed by atoms with E-state index in [1.54, 1.807) is 12.1 Å². The lowest BCUT2D eigenvalue weighted by Gasteiger charge is -2.32. The Morgan fingerprint density at radius 3 is 2.27 bits per heavy atom. The number of benzene rings is 3. The van der Waals surface area contributed by atoms with E-state index < -0.39 is 18.3 Å². The van der Waals surface area contributed by atoms with Crippen LogP contribution in [0.2, 0.25) is 0 Å². The van der Waals surface area contributed by atoms with Crippen molar-refractivity contribution in [2.75, 3.05) is 5.32 Å². The van der Waals surface area contributed by atoms with E-state index in [4.69, 9.17) is 13.7 Å². The van der Waals surface area contributed by atoms with Gasteiger partial charge >= 0.3 is 7.12 Å². The number of para-hydroxylation sites is 2. The highest BCUT2D eigenvalue weighted by Crippen LogP contribution is 2.38. The highest BCUT2D eigenvalue weighted by Gasteiger charge is 2.52. The van der Waals surface area contributed by atoms with E-state index in [-0.39, 0.29) is 5.75 Å². The molecule has 2 N–H and O–H groups in total. The summed E-state index contributed by atoms with van der Waals surface area (Å²) in [5.41, 5.74) is 3.04. The summed E-state index contributed by atoms with van der Waals surface area (Å²) in [6.07, 6.45) is 0. The summed E-state index contributed by atoms with van der Waals surface area (Å²) in [6, 6.07) is 19.1. The molecule has 0 saturated carbocycles. The Morgan fingerprint density at radius 1 is 0.800 bits per heavy atom. The number of aromatic hydroxyl groups is 1. The molecule has 2 heterocycles. The van der Waals surface area contributed by atoms with Gasteiger partial charge in [-0.05, 0) is 45.9 Å². The first kappa shape index (κ1) is 19.0. The Bertz CT molecular complexity index is 1240. The SMILES string of the molecule is CC1(C)OB(c2ccc(O)cc2Nc2cccc3c2oc2ccccc23)OC1(C)C. The van der Waals surface area contributed by atoms with Gasteiger partial charge in [-0.2, -0.15) is 0 Å². The molecular formula is C24H24BNO4. The zero-order chi connectivity index (χ0) is 21.1. The molecule has 1 saturated heterocycles. The van der Waals surface area contributed by atoms with Gasteiger partial charge < -0.3 is 24.1 Å². The van der Waals surface area contributed by atoms with Crippen LogP contribution in [0, 0.1) is 0 Å². The Kier molecular flexibility index (Phi) is 4.14. The first-order chi connectivity index (χ1) is 14.2. The minimum Gasteiger partial charge on any atom is -0.508 e. The van der Waals surface area contributed by atoms with E-state index >= 15 is 0 Å². The van der Waals surface area contributed by atoms with Crippen LogP contribution in [-0.2, 0) is 9.31 Å². The smallest absolute Gasteiger partial charge is 0.496 e. The maximum absolute atomic E-state index is 10.1. The normalized spacial score (nSPS) is 17.7. The molecule has 0 unspecified atom stereocenters. The van der Waals surface area contributed by atoms with Crippen LogP contribution in [0.4, 0.5) is 11.4 Å². The number of hydrogen-bond acceptors (Lipinski definition) is 5. The third-order valence-corrected chi connectivity index (χ3v) is 6.22. The zero-order valence-electron chi connectivity index (χ0n) is 17.5. The first-order valence-electron chi connectivity index (χ1n) is 10.1. The molecule has 1 aliphatic heterocycles. The Hall–Kier alpha value is -2.96. The van der Waals surface area contributed by atoms with Gasteiger partial charge in [0, 0.05) is 28.0 Å². The van der Waals surface area contributed by atoms with Gasteiger partial charge in [-0.1, -0.05) is 36.4 Å². The molecule has 0 aliphatic carbocycles. The van der Waals surface area contributed by atoms with Crippen molar-refractivity contribution >= 4 is 45.9 Å². The van der Waals surface area contributed by atoms with E-state index in [0.717, 1.165) is 33.1 Å². The average molecular weight is 401 g/mol. The predicted molar refractivity (Wildman–Crippen MR) is 121 cm³/mol. The molecule has 0 spiro atoms. The predicted octanol–water partition coefficient (Wildman–Crippen LogP) is 5.33. The first-order valence-corrected chi connectivity index (χ1v) is 10.1. The van der Waals surface area contributed by atoms with Gasteiger partial charge in [0.05, 0.1) is 16.9 Å². The van der Waals surface area contributed by atoms with Gasteiger partial charge in [0.2, 0.25) is 0 Å². The lowest BCUT2D eigenvalue weighted by Crippen LogP contribution is -2.41. The van der Waals surface area contributed by atoms with Gasteiger partial charge in [-0.25, -0.2) is 0 Å². The van der Waals surface area contributed by atoms with Crippen molar-refractivity contribution in [2.24, 2.45) is 0 Å². The minimum absolute atomic E-state index is 0.162. The van der Waals surface area contributed by atoms with Crippen molar-refractivity contribution in [3.63, 3.8) is 0 Å². The number of anilines is 2. The summed E-state index contributed by atoms with van der Waals surface area (Å²) in [5.74, 6) is 0.162. The standard InChI is InChI=1S/C24H24BNO4/c1-23(2)24(3,4)30-25(29-23)18-13-12-15(27)14-20(18)26-19-10-7-9-17-16-8-5-6-11-21(16)28-22(17)19/h5-14,26-27H,1-4H3. The summed E-state index contributed by atoms with van der Waals surface area (Å²) in [7, 11) is -0.548. The molecule has 3 aromatic carbocycles. The van der Waals surface area contributed by atoms with Crippen LogP contribution >= 0.6 is 0 Å². The summed E-state index contributed by atoms with van der Waals surface area (Å²) in [4.78, 5) is 0. The fourth-order valence-corrected chi connectivity index (χ4v) is 3.82. The van der Waals surface area contributed by atoms with Gasteiger partial charge in [0.25, 0.3) is 0 Å². The number of furan rings is 1. The molecular weight excluding hydrogens is 377 g/mol. The van der Waals surface area contributed by atoms with Crippen LogP contribution in [0.3, 0.4) is 0 Å². The average Bonchev–Trinajstić information content (AvgIpc) is 3.16. The van der Waals surface area contributed by atoms with Crippen LogP contribution < -0.4 is 10.8 Å². The van der Waals surface area contributed by atoms with Gasteiger partial charge in [-0.3, -0.25) is 0 Å². The molecule has 5 rings (SSSR count). The number of fused-ring (bicyclic) bond motifs is 3. The highest BCUT2D eigenvalue weighted by atomic mass is 16.7. The molecule has 0 bridgehead atoms. The van der Waals surface area contributed by atoms with Crippen molar-refractivity contribution in [1.29, 1.82) is 0 Å². The number of hydrogen-bond donors (Lipinski definition) is 2. The van der Waals surface area contributed by atoms with Crippen LogP contribution in [0.5, 0.6) is 5.75 Å². The van der Waals surface area contributed by atoms with Gasteiger partial charge in [0.1, 0.15) is 11.3 Å². The zero-order valence-corrected chi connectivity index (χ0v) is 17.5. The van der Waals surface area contributed by atoms with Crippen LogP contribution in [0.25, 0.3) is 21.9 Å². The molecule has 5 nitrogen and oxygen atoms in total. The fourth-order valence-electron chi connectivity index (χ4n) is 3.82. The third-order valence-electron chi connectivity index (χ3n) is 6.22. The van der Waals surface area contributed by atoms with E-state index in [9.17, 15) is 5.11 Å². The van der Waals surface area contributed by atoms with Crippen LogP contribution in [0.15, 0.2) is 65.1 Å².